The highest BCUT2D eigenvalue weighted by Gasteiger charge is 1.77. The van der Waals surface area contributed by atoms with Gasteiger partial charge in [-0.15, -0.1) is 0 Å². The lowest BCUT2D eigenvalue weighted by atomic mass is 10.2. The van der Waals surface area contributed by atoms with Gasteiger partial charge in [-0.2, -0.15) is 0 Å². The Morgan fingerprint density at radius 1 is 0.381 bits per heavy atom. The van der Waals surface area contributed by atoms with Crippen LogP contribution in [0, 0.1) is 0 Å². The van der Waals surface area contributed by atoms with Gasteiger partial charge in [0, 0.05) is 0 Å². The molecule has 42 heavy (non-hydrogen) atoms. The molecule has 0 N–H and O–H groups in total. The molecule has 0 atom stereocenters. The van der Waals surface area contributed by atoms with Gasteiger partial charge in [0.2, 0.25) is 0 Å². The summed E-state index contributed by atoms with van der Waals surface area (Å²) in [7, 11) is 0. The van der Waals surface area contributed by atoms with Gasteiger partial charge < -0.3 is 0 Å². The highest BCUT2D eigenvalue weighted by Crippen LogP contribution is 1.99. The fraction of sp³-hybridized carbons (Fsp3) is 0.0476. The first-order valence-electron chi connectivity index (χ1n) is 13.2. The third-order valence-electron chi connectivity index (χ3n) is 4.14. The largest absolute Gasteiger partial charge is 0.0991 e. The summed E-state index contributed by atoms with van der Waals surface area (Å²) in [5.41, 5.74) is 5.56. The molecule has 0 radical (unpaired) electrons. The van der Waals surface area contributed by atoms with Gasteiger partial charge in [0.05, 0.1) is 0 Å². The Hall–Kier alpha value is -5.20. The van der Waals surface area contributed by atoms with Gasteiger partial charge in [-0.1, -0.05) is 229 Å². The number of allylic oxidation sites excluding steroid dienone is 8. The van der Waals surface area contributed by atoms with Crippen LogP contribution >= 0.6 is 0 Å². The summed E-state index contributed by atoms with van der Waals surface area (Å²) in [5, 5.41) is 0. The van der Waals surface area contributed by atoms with Gasteiger partial charge >= 0.3 is 0 Å². The zero-order valence-corrected chi connectivity index (χ0v) is 26.1. The summed E-state index contributed by atoms with van der Waals surface area (Å²) < 4.78 is 0. The molecular formula is C42H52. The molecule has 0 nitrogen and oxygen atoms in total. The summed E-state index contributed by atoms with van der Waals surface area (Å²) >= 11 is 0. The molecular weight excluding hydrogens is 504 g/mol. The second kappa shape index (κ2) is 37.9. The standard InChI is InChI=1S/3C8H8.2C5H8.2C4H6/c3*1-2-8-6-4-3-5-7-8;2*1-4-5(2)3;2*1-3-4-2/h3*2-7H,1H2;2*4H,1-2H2,3H3;2*3-4H,1-2H2. The van der Waals surface area contributed by atoms with Crippen molar-refractivity contribution in [2.75, 3.05) is 0 Å². The first-order chi connectivity index (χ1) is 20.2. The maximum atomic E-state index is 3.63. The molecule has 0 fully saturated rings. The molecule has 0 saturated carbocycles. The van der Waals surface area contributed by atoms with Crippen LogP contribution in [-0.4, -0.2) is 0 Å². The summed E-state index contributed by atoms with van der Waals surface area (Å²) in [6, 6.07) is 30.1. The van der Waals surface area contributed by atoms with Crippen LogP contribution in [0.15, 0.2) is 211 Å². The number of benzene rings is 3. The Labute approximate surface area is 259 Å². The Morgan fingerprint density at radius 2 is 0.548 bits per heavy atom. The SMILES string of the molecule is C=CC(=C)C.C=CC(=C)C.C=CC=C.C=CC=C.C=Cc1ccccc1.C=Cc1ccccc1.C=Cc1ccccc1. The van der Waals surface area contributed by atoms with Crippen molar-refractivity contribution < 1.29 is 0 Å². The molecule has 220 valence electrons. The molecule has 0 aliphatic rings. The summed E-state index contributed by atoms with van der Waals surface area (Å²) in [5.74, 6) is 0. The van der Waals surface area contributed by atoms with E-state index in [1.165, 1.54) is 16.7 Å². The third kappa shape index (κ3) is 41.9. The van der Waals surface area contributed by atoms with Gasteiger partial charge in [-0.3, -0.25) is 0 Å². The highest BCUT2D eigenvalue weighted by molar-refractivity contribution is 5.46. The molecule has 3 rings (SSSR count). The zero-order valence-electron chi connectivity index (χ0n) is 26.1. The fourth-order valence-corrected chi connectivity index (χ4v) is 1.77. The molecule has 3 aromatic carbocycles. The maximum Gasteiger partial charge on any atom is -0.0263 e. The molecule has 0 aromatic heterocycles. The van der Waals surface area contributed by atoms with E-state index in [-0.39, 0.29) is 0 Å². The van der Waals surface area contributed by atoms with Crippen LogP contribution in [0.1, 0.15) is 30.5 Å². The molecule has 0 heteroatoms. The van der Waals surface area contributed by atoms with E-state index in [4.69, 9.17) is 0 Å². The molecule has 0 aliphatic carbocycles. The predicted octanol–water partition coefficient (Wildman–Crippen LogP) is 13.2. The molecule has 0 aliphatic heterocycles. The minimum absolute atomic E-state index is 1.02. The quantitative estimate of drug-likeness (QED) is 0.254. The van der Waals surface area contributed by atoms with Gasteiger partial charge in [0.15, 0.2) is 0 Å². The average Bonchev–Trinajstić information content (AvgIpc) is 3.07. The average molecular weight is 557 g/mol. The second-order valence-electron chi connectivity index (χ2n) is 7.89. The molecule has 0 unspecified atom stereocenters. The molecule has 0 bridgehead atoms. The summed E-state index contributed by atoms with van der Waals surface area (Å²) in [4.78, 5) is 0. The lowest BCUT2D eigenvalue weighted by Crippen LogP contribution is -1.63. The van der Waals surface area contributed by atoms with Crippen LogP contribution in [-0.2, 0) is 0 Å². The van der Waals surface area contributed by atoms with Crippen molar-refractivity contribution in [3.63, 3.8) is 0 Å². The van der Waals surface area contributed by atoms with Crippen molar-refractivity contribution in [2.45, 2.75) is 13.8 Å². The molecule has 0 spiro atoms. The molecule has 0 heterocycles. The van der Waals surface area contributed by atoms with Crippen molar-refractivity contribution in [1.82, 2.24) is 0 Å². The Balaban J connectivity index is -0.000000205. The Kier molecular flexibility index (Phi) is 39.6. The van der Waals surface area contributed by atoms with Gasteiger partial charge in [0.1, 0.15) is 0 Å². The lowest BCUT2D eigenvalue weighted by molar-refractivity contribution is 1.58. The zero-order chi connectivity index (χ0) is 32.9. The molecule has 3 aromatic rings. The minimum atomic E-state index is 1.02. The van der Waals surface area contributed by atoms with Crippen molar-refractivity contribution in [3.05, 3.63) is 228 Å². The second-order valence-corrected chi connectivity index (χ2v) is 7.89. The van der Waals surface area contributed by atoms with Crippen molar-refractivity contribution in [3.8, 4) is 0 Å². The highest BCUT2D eigenvalue weighted by atomic mass is 13.8. The van der Waals surface area contributed by atoms with Crippen LogP contribution < -0.4 is 0 Å². The smallest absolute Gasteiger partial charge is 0.0263 e. The van der Waals surface area contributed by atoms with Crippen LogP contribution in [0.2, 0.25) is 0 Å². The van der Waals surface area contributed by atoms with E-state index in [1.807, 2.05) is 123 Å². The lowest BCUT2D eigenvalue weighted by Gasteiger charge is -1.85. The Morgan fingerprint density at radius 3 is 0.619 bits per heavy atom. The van der Waals surface area contributed by atoms with Gasteiger partial charge in [0.25, 0.3) is 0 Å². The van der Waals surface area contributed by atoms with Crippen molar-refractivity contribution in [1.29, 1.82) is 0 Å². The van der Waals surface area contributed by atoms with Crippen molar-refractivity contribution >= 4 is 18.2 Å². The van der Waals surface area contributed by atoms with Crippen LogP contribution in [0.4, 0.5) is 0 Å². The summed E-state index contributed by atoms with van der Waals surface area (Å²) in [6.07, 6.45) is 15.5. The third-order valence-corrected chi connectivity index (χ3v) is 4.14. The molecule has 0 amide bonds. The monoisotopic (exact) mass is 556 g/mol. The van der Waals surface area contributed by atoms with Crippen LogP contribution in [0.3, 0.4) is 0 Å². The first-order valence-corrected chi connectivity index (χ1v) is 13.2. The van der Waals surface area contributed by atoms with E-state index in [1.54, 1.807) is 36.5 Å². The summed E-state index contributed by atoms with van der Waals surface area (Å²) in [6.45, 7) is 42.2. The number of hydrogen-bond acceptors (Lipinski definition) is 0. The first kappa shape index (κ1) is 43.8. The van der Waals surface area contributed by atoms with Gasteiger partial charge in [-0.25, -0.2) is 0 Å². The van der Waals surface area contributed by atoms with Crippen LogP contribution in [0.25, 0.3) is 18.2 Å². The number of hydrogen-bond donors (Lipinski definition) is 0. The molecule has 0 saturated heterocycles. The van der Waals surface area contributed by atoms with Gasteiger partial charge in [-0.05, 0) is 30.5 Å². The van der Waals surface area contributed by atoms with E-state index >= 15 is 0 Å². The predicted molar refractivity (Wildman–Crippen MR) is 200 cm³/mol. The van der Waals surface area contributed by atoms with E-state index in [0.29, 0.717) is 0 Å². The van der Waals surface area contributed by atoms with Crippen LogP contribution in [0.5, 0.6) is 0 Å². The Bertz CT molecular complexity index is 995. The van der Waals surface area contributed by atoms with E-state index in [9.17, 15) is 0 Å². The van der Waals surface area contributed by atoms with E-state index < -0.39 is 0 Å². The van der Waals surface area contributed by atoms with Crippen molar-refractivity contribution in [2.24, 2.45) is 0 Å². The normalized spacial score (nSPS) is 7.38. The van der Waals surface area contributed by atoms with E-state index in [2.05, 4.69) is 72.4 Å². The minimum Gasteiger partial charge on any atom is -0.0991 e. The number of rotatable bonds is 7. The topological polar surface area (TPSA) is 0 Å². The maximum absolute atomic E-state index is 3.63. The van der Waals surface area contributed by atoms with E-state index in [0.717, 1.165) is 11.1 Å². The fourth-order valence-electron chi connectivity index (χ4n) is 1.77.